The Morgan fingerprint density at radius 2 is 1.95 bits per heavy atom. The van der Waals surface area contributed by atoms with Crippen LogP contribution in [0.5, 0.6) is 0 Å². The molecule has 0 atom stereocenters. The lowest BCUT2D eigenvalue weighted by Gasteiger charge is -2.36. The lowest BCUT2D eigenvalue weighted by atomic mass is 10.2. The minimum atomic E-state index is -1.62. The third kappa shape index (κ3) is 8.95. The van der Waals surface area contributed by atoms with Crippen LogP contribution >= 0.6 is 11.8 Å². The number of unbranched alkanes of at least 4 members (excludes halogenated alkanes) is 1. The van der Waals surface area contributed by atoms with Gasteiger partial charge in [0.15, 0.2) is 14.1 Å². The van der Waals surface area contributed by atoms with Crippen molar-refractivity contribution in [2.45, 2.75) is 51.7 Å². The van der Waals surface area contributed by atoms with Crippen LogP contribution < -0.4 is 0 Å². The third-order valence-electron chi connectivity index (χ3n) is 3.53. The fourth-order valence-corrected chi connectivity index (χ4v) is 2.57. The third-order valence-corrected chi connectivity index (χ3v) is 8.47. The van der Waals surface area contributed by atoms with Crippen molar-refractivity contribution in [1.29, 1.82) is 0 Å². The van der Waals surface area contributed by atoms with Crippen molar-refractivity contribution in [2.24, 2.45) is 0 Å². The highest BCUT2D eigenvalue weighted by Gasteiger charge is 2.36. The van der Waals surface area contributed by atoms with Crippen molar-refractivity contribution in [2.75, 3.05) is 25.4 Å². The van der Waals surface area contributed by atoms with Crippen molar-refractivity contribution >= 4 is 25.9 Å². The molecule has 0 aromatic rings. The Bertz CT molecular complexity index is 309. The molecule has 0 aromatic heterocycles. The van der Waals surface area contributed by atoms with E-state index in [4.69, 9.17) is 9.16 Å². The van der Waals surface area contributed by atoms with Crippen molar-refractivity contribution < 1.29 is 14.0 Å². The molecule has 0 unspecified atom stereocenters. The Morgan fingerprint density at radius 3 is 2.50 bits per heavy atom. The number of rotatable bonds is 10. The smallest absolute Gasteiger partial charge is 0.191 e. The lowest BCUT2D eigenvalue weighted by Crippen LogP contribution is -2.40. The van der Waals surface area contributed by atoms with Crippen LogP contribution in [0, 0.1) is 0 Å². The van der Waals surface area contributed by atoms with Crippen molar-refractivity contribution in [3.05, 3.63) is 12.2 Å². The maximum Gasteiger partial charge on any atom is 0.191 e. The van der Waals surface area contributed by atoms with Gasteiger partial charge in [0.05, 0.1) is 5.94 Å². The highest BCUT2D eigenvalue weighted by atomic mass is 32.2. The number of allylic oxidation sites excluding steroid dienone is 1. The second-order valence-electron chi connectivity index (χ2n) is 6.37. The van der Waals surface area contributed by atoms with E-state index < -0.39 is 8.32 Å². The first-order chi connectivity index (χ1) is 9.20. The SMILES string of the molecule is CSCOCC(=O)/C=C/CCCO[Si](C)(C)C(C)(C)C. The fourth-order valence-electron chi connectivity index (χ4n) is 1.23. The molecule has 0 aromatic carbocycles. The van der Waals surface area contributed by atoms with Gasteiger partial charge in [0, 0.05) is 6.61 Å². The molecule has 3 nitrogen and oxygen atoms in total. The van der Waals surface area contributed by atoms with E-state index in [0.29, 0.717) is 5.94 Å². The van der Waals surface area contributed by atoms with Crippen LogP contribution in [0.25, 0.3) is 0 Å². The normalized spacial score (nSPS) is 13.1. The highest BCUT2D eigenvalue weighted by Crippen LogP contribution is 2.36. The van der Waals surface area contributed by atoms with E-state index in [-0.39, 0.29) is 17.4 Å². The van der Waals surface area contributed by atoms with E-state index in [9.17, 15) is 4.79 Å². The molecule has 20 heavy (non-hydrogen) atoms. The summed E-state index contributed by atoms with van der Waals surface area (Å²) in [4.78, 5) is 11.4. The predicted molar refractivity (Wildman–Crippen MR) is 90.9 cm³/mol. The minimum Gasteiger partial charge on any atom is -0.417 e. The molecule has 0 saturated heterocycles. The van der Waals surface area contributed by atoms with Crippen molar-refractivity contribution in [1.82, 2.24) is 0 Å². The number of carbonyl (C=O) groups excluding carboxylic acids is 1. The van der Waals surface area contributed by atoms with Gasteiger partial charge in [0.1, 0.15) is 6.61 Å². The Balaban J connectivity index is 3.74. The van der Waals surface area contributed by atoms with Gasteiger partial charge < -0.3 is 9.16 Å². The van der Waals surface area contributed by atoms with Gasteiger partial charge in [-0.15, -0.1) is 11.8 Å². The second kappa shape index (κ2) is 9.76. The largest absolute Gasteiger partial charge is 0.417 e. The van der Waals surface area contributed by atoms with Crippen LogP contribution in [0.4, 0.5) is 0 Å². The van der Waals surface area contributed by atoms with E-state index in [1.807, 2.05) is 12.3 Å². The molecule has 0 heterocycles. The minimum absolute atomic E-state index is 0.0318. The summed E-state index contributed by atoms with van der Waals surface area (Å²) in [5.41, 5.74) is 0. The molecule has 0 spiro atoms. The van der Waals surface area contributed by atoms with Crippen LogP contribution in [0.1, 0.15) is 33.6 Å². The van der Waals surface area contributed by atoms with Gasteiger partial charge in [0.2, 0.25) is 0 Å². The zero-order valence-corrected chi connectivity index (χ0v) is 15.6. The molecule has 0 saturated carbocycles. The Morgan fingerprint density at radius 1 is 1.30 bits per heavy atom. The van der Waals surface area contributed by atoms with E-state index in [0.717, 1.165) is 19.4 Å². The van der Waals surface area contributed by atoms with E-state index in [1.54, 1.807) is 17.8 Å². The number of carbonyl (C=O) groups is 1. The average Bonchev–Trinajstić information content (AvgIpc) is 2.32. The van der Waals surface area contributed by atoms with Gasteiger partial charge in [-0.2, -0.15) is 0 Å². The molecule has 0 aliphatic carbocycles. The first-order valence-electron chi connectivity index (χ1n) is 7.11. The summed E-state index contributed by atoms with van der Waals surface area (Å²) >= 11 is 1.57. The van der Waals surface area contributed by atoms with Crippen LogP contribution in [0.2, 0.25) is 18.1 Å². The van der Waals surface area contributed by atoms with Crippen LogP contribution in [-0.4, -0.2) is 39.5 Å². The molecule has 0 aliphatic rings. The average molecular weight is 319 g/mol. The zero-order chi connectivity index (χ0) is 15.6. The van der Waals surface area contributed by atoms with Crippen molar-refractivity contribution in [3.8, 4) is 0 Å². The fraction of sp³-hybridized carbons (Fsp3) is 0.800. The molecular formula is C15H30O3SSi. The number of ether oxygens (including phenoxy) is 1. The van der Waals surface area contributed by atoms with Gasteiger partial charge in [-0.1, -0.05) is 26.8 Å². The molecule has 0 fully saturated rings. The first kappa shape index (κ1) is 19.9. The quantitative estimate of drug-likeness (QED) is 0.261. The lowest BCUT2D eigenvalue weighted by molar-refractivity contribution is -0.118. The summed E-state index contributed by atoms with van der Waals surface area (Å²) in [6.45, 7) is 12.2. The van der Waals surface area contributed by atoms with E-state index >= 15 is 0 Å². The highest BCUT2D eigenvalue weighted by molar-refractivity contribution is 7.98. The monoisotopic (exact) mass is 318 g/mol. The Hall–Kier alpha value is -0.103. The van der Waals surface area contributed by atoms with Gasteiger partial charge >= 0.3 is 0 Å². The summed E-state index contributed by atoms with van der Waals surface area (Å²) in [6.07, 6.45) is 7.32. The molecule has 0 N–H and O–H groups in total. The van der Waals surface area contributed by atoms with E-state index in [2.05, 4.69) is 33.9 Å². The van der Waals surface area contributed by atoms with E-state index in [1.165, 1.54) is 0 Å². The maximum atomic E-state index is 11.4. The molecule has 0 rings (SSSR count). The van der Waals surface area contributed by atoms with Crippen LogP contribution in [0.15, 0.2) is 12.2 Å². The molecule has 5 heteroatoms. The topological polar surface area (TPSA) is 35.5 Å². The molecule has 0 bridgehead atoms. The molecule has 118 valence electrons. The molecule has 0 aliphatic heterocycles. The molecular weight excluding hydrogens is 288 g/mol. The summed E-state index contributed by atoms with van der Waals surface area (Å²) in [5.74, 6) is 0.601. The summed E-state index contributed by atoms with van der Waals surface area (Å²) in [7, 11) is -1.62. The number of ketones is 1. The van der Waals surface area contributed by atoms with Crippen LogP contribution in [0.3, 0.4) is 0 Å². The first-order valence-corrected chi connectivity index (χ1v) is 11.4. The van der Waals surface area contributed by atoms with Crippen LogP contribution in [-0.2, 0) is 14.0 Å². The molecule has 0 amide bonds. The van der Waals surface area contributed by atoms with Gasteiger partial charge in [-0.05, 0) is 43.3 Å². The van der Waals surface area contributed by atoms with Gasteiger partial charge in [-0.3, -0.25) is 4.79 Å². The molecule has 0 radical (unpaired) electrons. The summed E-state index contributed by atoms with van der Waals surface area (Å²) in [5, 5.41) is 0.257. The Kier molecular flexibility index (Phi) is 9.71. The van der Waals surface area contributed by atoms with Gasteiger partial charge in [-0.25, -0.2) is 0 Å². The Labute approximate surface area is 129 Å². The van der Waals surface area contributed by atoms with Gasteiger partial charge in [0.25, 0.3) is 0 Å². The summed E-state index contributed by atoms with van der Waals surface area (Å²) in [6, 6.07) is 0. The number of hydrogen-bond acceptors (Lipinski definition) is 4. The maximum absolute atomic E-state index is 11.4. The number of thioether (sulfide) groups is 1. The number of hydrogen-bond donors (Lipinski definition) is 0. The summed E-state index contributed by atoms with van der Waals surface area (Å²) < 4.78 is 11.2. The second-order valence-corrected chi connectivity index (χ2v) is 12.0. The van der Waals surface area contributed by atoms with Crippen molar-refractivity contribution in [3.63, 3.8) is 0 Å². The predicted octanol–water partition coefficient (Wildman–Crippen LogP) is 4.25. The zero-order valence-electron chi connectivity index (χ0n) is 13.8. The standard InChI is InChI=1S/C15H30O3SSi/c1-15(2,3)20(5,6)18-11-9-7-8-10-14(16)12-17-13-19-4/h8,10H,7,9,11-13H2,1-6H3/b10-8+.